The number of nitrogens with one attached hydrogen (secondary N) is 1. The molecule has 1 saturated heterocycles. The minimum Gasteiger partial charge on any atom is -0.381 e. The fraction of sp³-hybridized carbons (Fsp3) is 0.500. The van der Waals surface area contributed by atoms with Crippen LogP contribution < -0.4 is 5.56 Å². The Bertz CT molecular complexity index is 756. The maximum absolute atomic E-state index is 12.8. The molecule has 1 N–H and O–H groups in total. The number of nitrogens with zero attached hydrogens (tertiary/aromatic N) is 4. The van der Waals surface area contributed by atoms with Gasteiger partial charge in [0, 0.05) is 31.7 Å². The molecule has 128 valence electrons. The summed E-state index contributed by atoms with van der Waals surface area (Å²) in [6.07, 6.45) is 2.54. The quantitative estimate of drug-likeness (QED) is 0.873. The molecule has 1 unspecified atom stereocenters. The molecule has 0 aliphatic carbocycles. The second-order valence-electron chi connectivity index (χ2n) is 5.91. The summed E-state index contributed by atoms with van der Waals surface area (Å²) in [5.74, 6) is 0.820. The van der Waals surface area contributed by atoms with Gasteiger partial charge < -0.3 is 9.64 Å². The predicted molar refractivity (Wildman–Crippen MR) is 87.2 cm³/mol. The lowest BCUT2D eigenvalue weighted by atomic mass is 10.1. The van der Waals surface area contributed by atoms with E-state index in [2.05, 4.69) is 15.3 Å². The normalized spacial score (nSPS) is 17.2. The molecule has 1 fully saturated rings. The Morgan fingerprint density at radius 1 is 1.50 bits per heavy atom. The number of rotatable bonds is 5. The van der Waals surface area contributed by atoms with Gasteiger partial charge in [-0.3, -0.25) is 9.59 Å². The van der Waals surface area contributed by atoms with Gasteiger partial charge in [0.2, 0.25) is 0 Å². The fourth-order valence-electron chi connectivity index (χ4n) is 2.87. The average molecular weight is 331 g/mol. The van der Waals surface area contributed by atoms with Gasteiger partial charge in [0.15, 0.2) is 5.82 Å². The molecule has 0 aromatic carbocycles. The molecular weight excluding hydrogens is 310 g/mol. The molecule has 8 nitrogen and oxygen atoms in total. The van der Waals surface area contributed by atoms with Gasteiger partial charge in [-0.15, -0.1) is 0 Å². The molecule has 2 aromatic rings. The van der Waals surface area contributed by atoms with Gasteiger partial charge in [-0.05, 0) is 26.3 Å². The summed E-state index contributed by atoms with van der Waals surface area (Å²) in [7, 11) is 0. The van der Waals surface area contributed by atoms with E-state index in [-0.39, 0.29) is 11.5 Å². The van der Waals surface area contributed by atoms with E-state index in [9.17, 15) is 9.59 Å². The lowest BCUT2D eigenvalue weighted by Gasteiger charge is -2.23. The highest BCUT2D eigenvalue weighted by molar-refractivity contribution is 5.95. The van der Waals surface area contributed by atoms with Crippen LogP contribution in [-0.2, 0) is 4.74 Å². The number of aromatic amines is 1. The van der Waals surface area contributed by atoms with Crippen molar-refractivity contribution in [3.63, 3.8) is 0 Å². The zero-order valence-electron chi connectivity index (χ0n) is 13.9. The molecule has 2 aromatic heterocycles. The molecular formula is C16H21N5O3. The molecule has 3 heterocycles. The summed E-state index contributed by atoms with van der Waals surface area (Å²) in [5.41, 5.74) is 0.959. The first kappa shape index (κ1) is 16.4. The van der Waals surface area contributed by atoms with E-state index in [1.54, 1.807) is 16.9 Å². The highest BCUT2D eigenvalue weighted by atomic mass is 16.5. The summed E-state index contributed by atoms with van der Waals surface area (Å²) < 4.78 is 6.94. The molecule has 1 aliphatic rings. The number of hydrogen-bond acceptors (Lipinski definition) is 5. The van der Waals surface area contributed by atoms with Crippen molar-refractivity contribution in [3.8, 4) is 5.82 Å². The number of amides is 1. The number of carbonyl (C=O) groups is 1. The van der Waals surface area contributed by atoms with Crippen molar-refractivity contribution in [2.24, 2.45) is 5.92 Å². The minimum absolute atomic E-state index is 0.0439. The summed E-state index contributed by atoms with van der Waals surface area (Å²) in [4.78, 5) is 25.8. The maximum Gasteiger partial charge on any atom is 0.264 e. The summed E-state index contributed by atoms with van der Waals surface area (Å²) in [6, 6.07) is 2.95. The first-order chi connectivity index (χ1) is 11.6. The average Bonchev–Trinajstić information content (AvgIpc) is 3.22. The Kier molecular flexibility index (Phi) is 4.75. The predicted octanol–water partition coefficient (Wildman–Crippen LogP) is 0.763. The van der Waals surface area contributed by atoms with Crippen LogP contribution in [0.5, 0.6) is 0 Å². The smallest absolute Gasteiger partial charge is 0.264 e. The lowest BCUT2D eigenvalue weighted by molar-refractivity contribution is 0.0730. The van der Waals surface area contributed by atoms with Crippen molar-refractivity contribution < 1.29 is 9.53 Å². The Morgan fingerprint density at radius 3 is 2.96 bits per heavy atom. The van der Waals surface area contributed by atoms with Gasteiger partial charge in [-0.25, -0.2) is 9.78 Å². The number of H-pyrrole nitrogens is 1. The third-order valence-corrected chi connectivity index (χ3v) is 4.29. The van der Waals surface area contributed by atoms with Crippen molar-refractivity contribution in [1.29, 1.82) is 0 Å². The molecule has 0 spiro atoms. The van der Waals surface area contributed by atoms with Crippen molar-refractivity contribution in [2.45, 2.75) is 20.3 Å². The van der Waals surface area contributed by atoms with Gasteiger partial charge in [0.25, 0.3) is 11.5 Å². The van der Waals surface area contributed by atoms with Gasteiger partial charge >= 0.3 is 0 Å². The summed E-state index contributed by atoms with van der Waals surface area (Å²) >= 11 is 0. The van der Waals surface area contributed by atoms with Gasteiger partial charge in [0.1, 0.15) is 0 Å². The van der Waals surface area contributed by atoms with Crippen LogP contribution in [0.4, 0.5) is 0 Å². The zero-order valence-corrected chi connectivity index (χ0v) is 13.9. The van der Waals surface area contributed by atoms with Crippen LogP contribution in [0.3, 0.4) is 0 Å². The maximum atomic E-state index is 12.8. The third-order valence-electron chi connectivity index (χ3n) is 4.29. The highest BCUT2D eigenvalue weighted by Gasteiger charge is 2.25. The number of aromatic nitrogens is 4. The number of carbonyl (C=O) groups excluding carboxylic acids is 1. The first-order valence-corrected chi connectivity index (χ1v) is 8.08. The van der Waals surface area contributed by atoms with E-state index in [1.807, 2.05) is 18.7 Å². The monoisotopic (exact) mass is 331 g/mol. The van der Waals surface area contributed by atoms with Crippen LogP contribution in [0.15, 0.2) is 23.1 Å². The second kappa shape index (κ2) is 6.96. The van der Waals surface area contributed by atoms with Gasteiger partial charge in [0.05, 0.1) is 24.1 Å². The van der Waals surface area contributed by atoms with E-state index in [0.29, 0.717) is 42.7 Å². The van der Waals surface area contributed by atoms with Crippen molar-refractivity contribution in [1.82, 2.24) is 24.9 Å². The standard InChI is InChI=1S/C16H21N5O3/c1-3-20(9-12-6-7-24-10-12)16(23)13-8-17-21(11(13)2)14-4-5-15(22)19-18-14/h4-5,8,12H,3,6-7,9-10H2,1-2H3,(H,19,22). The molecule has 3 rings (SSSR count). The van der Waals surface area contributed by atoms with E-state index in [4.69, 9.17) is 4.74 Å². The fourth-order valence-corrected chi connectivity index (χ4v) is 2.87. The van der Waals surface area contributed by atoms with Crippen LogP contribution in [0.25, 0.3) is 5.82 Å². The van der Waals surface area contributed by atoms with Crippen LogP contribution in [0.2, 0.25) is 0 Å². The molecule has 1 atom stereocenters. The molecule has 0 saturated carbocycles. The van der Waals surface area contributed by atoms with E-state index in [0.717, 1.165) is 13.0 Å². The van der Waals surface area contributed by atoms with Crippen LogP contribution in [0, 0.1) is 12.8 Å². The minimum atomic E-state index is -0.282. The summed E-state index contributed by atoms with van der Waals surface area (Å²) in [5, 5.41) is 10.6. The van der Waals surface area contributed by atoms with E-state index < -0.39 is 0 Å². The largest absolute Gasteiger partial charge is 0.381 e. The molecule has 24 heavy (non-hydrogen) atoms. The Hall–Kier alpha value is -2.48. The van der Waals surface area contributed by atoms with Crippen molar-refractivity contribution in [3.05, 3.63) is 39.9 Å². The molecule has 8 heteroatoms. The van der Waals surface area contributed by atoms with Crippen LogP contribution in [-0.4, -0.2) is 57.1 Å². The third kappa shape index (κ3) is 3.23. The zero-order chi connectivity index (χ0) is 17.1. The van der Waals surface area contributed by atoms with Crippen LogP contribution >= 0.6 is 0 Å². The molecule has 1 aliphatic heterocycles. The van der Waals surface area contributed by atoms with Crippen molar-refractivity contribution in [2.75, 3.05) is 26.3 Å². The van der Waals surface area contributed by atoms with Crippen molar-refractivity contribution >= 4 is 5.91 Å². The number of ether oxygens (including phenoxy) is 1. The van der Waals surface area contributed by atoms with E-state index in [1.165, 1.54) is 6.07 Å². The van der Waals surface area contributed by atoms with Crippen LogP contribution in [0.1, 0.15) is 29.4 Å². The SMILES string of the molecule is CCN(CC1CCOC1)C(=O)c1cnn(-c2ccc(=O)[nH]n2)c1C. The Labute approximate surface area is 139 Å². The molecule has 1 amide bonds. The number of hydrogen-bond donors (Lipinski definition) is 1. The molecule has 0 radical (unpaired) electrons. The second-order valence-corrected chi connectivity index (χ2v) is 5.91. The lowest BCUT2D eigenvalue weighted by Crippen LogP contribution is -2.35. The summed E-state index contributed by atoms with van der Waals surface area (Å²) in [6.45, 7) is 6.60. The van der Waals surface area contributed by atoms with Gasteiger partial charge in [-0.2, -0.15) is 10.2 Å². The first-order valence-electron chi connectivity index (χ1n) is 8.08. The van der Waals surface area contributed by atoms with Gasteiger partial charge in [-0.1, -0.05) is 0 Å². The van der Waals surface area contributed by atoms with E-state index >= 15 is 0 Å². The Balaban J connectivity index is 1.81. The topological polar surface area (TPSA) is 93.1 Å². The Morgan fingerprint density at radius 2 is 2.33 bits per heavy atom. The highest BCUT2D eigenvalue weighted by Crippen LogP contribution is 2.18. The molecule has 0 bridgehead atoms.